The molecular formula is C4H3N2NaO2. The second kappa shape index (κ2) is 3.66. The molecule has 1 rings (SSSR count). The Morgan fingerprint density at radius 3 is 2.44 bits per heavy atom. The van der Waals surface area contributed by atoms with E-state index in [4.69, 9.17) is 0 Å². The van der Waals surface area contributed by atoms with Gasteiger partial charge in [-0.25, -0.2) is 0 Å². The Morgan fingerprint density at radius 2 is 2.11 bits per heavy atom. The molecule has 0 aliphatic rings. The minimum Gasteiger partial charge on any atom is -0.407 e. The van der Waals surface area contributed by atoms with E-state index in [0.29, 0.717) is 0 Å². The molecule has 0 fully saturated rings. The fourth-order valence-electron chi connectivity index (χ4n) is 0.352. The molecule has 9 heavy (non-hydrogen) atoms. The van der Waals surface area contributed by atoms with E-state index < -0.39 is 11.2 Å². The summed E-state index contributed by atoms with van der Waals surface area (Å²) in [6.07, 6.45) is 1.17. The molecule has 0 aliphatic carbocycles. The summed E-state index contributed by atoms with van der Waals surface area (Å²) in [6, 6.07) is 1.18. The van der Waals surface area contributed by atoms with E-state index in [-0.39, 0.29) is 29.6 Å². The molecule has 0 saturated heterocycles. The third kappa shape index (κ3) is 2.64. The topological polar surface area (TPSA) is 64.0 Å². The third-order valence-corrected chi connectivity index (χ3v) is 0.648. The maximum Gasteiger partial charge on any atom is 1.00 e. The van der Waals surface area contributed by atoms with Crippen LogP contribution < -0.4 is 45.8 Å². The summed E-state index contributed by atoms with van der Waals surface area (Å²) >= 11 is 0. The van der Waals surface area contributed by atoms with Crippen LogP contribution in [0.25, 0.3) is 0 Å². The van der Waals surface area contributed by atoms with Crippen LogP contribution in [0.3, 0.4) is 0 Å². The molecule has 0 bridgehead atoms. The molecule has 0 spiro atoms. The Hall–Kier alpha value is -0.320. The molecule has 1 aromatic heterocycles. The van der Waals surface area contributed by atoms with Crippen LogP contribution in [0.1, 0.15) is 0 Å². The number of rotatable bonds is 0. The van der Waals surface area contributed by atoms with Crippen LogP contribution in [0.4, 0.5) is 0 Å². The van der Waals surface area contributed by atoms with Gasteiger partial charge in [-0.1, -0.05) is 6.20 Å². The average Bonchev–Trinajstić information content (AvgIpc) is 1.64. The van der Waals surface area contributed by atoms with Crippen molar-refractivity contribution in [2.75, 3.05) is 0 Å². The number of nitrogens with zero attached hydrogens (tertiary/aromatic N) is 1. The number of hydrogen-bond donors (Lipinski definition) is 1. The van der Waals surface area contributed by atoms with Gasteiger partial charge < -0.3 is 9.97 Å². The normalized spacial score (nSPS) is 8.00. The zero-order valence-corrected chi connectivity index (χ0v) is 6.92. The standard InChI is InChI=1S/C4H4N2O2.Na/c7-3-1-2-5-4(8)6-3;/h1-2H,(H2,5,6,7,8);/q;+1/p-1. The van der Waals surface area contributed by atoms with Gasteiger partial charge in [-0.15, -0.1) is 0 Å². The van der Waals surface area contributed by atoms with Gasteiger partial charge in [0, 0.05) is 0 Å². The summed E-state index contributed by atoms with van der Waals surface area (Å²) < 4.78 is 0. The Kier molecular flexibility index (Phi) is 3.53. The predicted octanol–water partition coefficient (Wildman–Crippen LogP) is -4.30. The first kappa shape index (κ1) is 8.68. The van der Waals surface area contributed by atoms with E-state index in [1.165, 1.54) is 12.3 Å². The van der Waals surface area contributed by atoms with Crippen molar-refractivity contribution in [3.8, 4) is 0 Å². The van der Waals surface area contributed by atoms with Crippen LogP contribution in [0.15, 0.2) is 21.9 Å². The van der Waals surface area contributed by atoms with E-state index >= 15 is 0 Å². The molecule has 0 aromatic carbocycles. The molecule has 1 aromatic rings. The number of aromatic nitrogens is 2. The molecule has 0 amide bonds. The minimum atomic E-state index is -0.600. The van der Waals surface area contributed by atoms with Crippen molar-refractivity contribution in [1.29, 1.82) is 0 Å². The van der Waals surface area contributed by atoms with Gasteiger partial charge >= 0.3 is 29.6 Å². The van der Waals surface area contributed by atoms with E-state index in [9.17, 15) is 9.59 Å². The van der Waals surface area contributed by atoms with Crippen LogP contribution in [0.5, 0.6) is 0 Å². The van der Waals surface area contributed by atoms with E-state index in [2.05, 4.69) is 4.98 Å². The Bertz CT molecular complexity index is 251. The molecule has 0 unspecified atom stereocenters. The Labute approximate surface area is 72.6 Å². The zero-order chi connectivity index (χ0) is 5.98. The number of aromatic amines is 1. The molecule has 0 aliphatic heterocycles. The first-order valence-corrected chi connectivity index (χ1v) is 2.01. The number of hydrogen-bond acceptors (Lipinski definition) is 2. The summed E-state index contributed by atoms with van der Waals surface area (Å²) in [5.74, 6) is 0. The summed E-state index contributed by atoms with van der Waals surface area (Å²) in [7, 11) is 0. The van der Waals surface area contributed by atoms with E-state index in [0.717, 1.165) is 0 Å². The second-order valence-electron chi connectivity index (χ2n) is 1.24. The van der Waals surface area contributed by atoms with Gasteiger partial charge in [0.15, 0.2) is 11.2 Å². The van der Waals surface area contributed by atoms with Gasteiger partial charge in [0.25, 0.3) is 0 Å². The van der Waals surface area contributed by atoms with Crippen molar-refractivity contribution >= 4 is 0 Å². The van der Waals surface area contributed by atoms with Crippen molar-refractivity contribution < 1.29 is 29.6 Å². The minimum absolute atomic E-state index is 0. The summed E-state index contributed by atoms with van der Waals surface area (Å²) in [5, 5.41) is 0. The van der Waals surface area contributed by atoms with Crippen LogP contribution >= 0.6 is 0 Å². The zero-order valence-electron chi connectivity index (χ0n) is 4.92. The number of nitrogens with one attached hydrogen (secondary N) is 1. The van der Waals surface area contributed by atoms with Crippen LogP contribution in [0, 0.1) is 0 Å². The van der Waals surface area contributed by atoms with E-state index in [1.807, 2.05) is 4.98 Å². The molecule has 0 atom stereocenters. The van der Waals surface area contributed by atoms with Crippen LogP contribution in [-0.4, -0.2) is 4.98 Å². The van der Waals surface area contributed by atoms with Gasteiger partial charge in [-0.3, -0.25) is 9.59 Å². The van der Waals surface area contributed by atoms with Gasteiger partial charge in [0.2, 0.25) is 0 Å². The first-order chi connectivity index (χ1) is 3.79. The summed E-state index contributed by atoms with van der Waals surface area (Å²) in [5.41, 5.74) is -1.01. The fourth-order valence-corrected chi connectivity index (χ4v) is 0.352. The Morgan fingerprint density at radius 1 is 1.44 bits per heavy atom. The van der Waals surface area contributed by atoms with Gasteiger partial charge in [0.1, 0.15) is 0 Å². The van der Waals surface area contributed by atoms with Gasteiger partial charge in [0.05, 0.1) is 0 Å². The summed E-state index contributed by atoms with van der Waals surface area (Å²) in [6.45, 7) is 0. The van der Waals surface area contributed by atoms with Crippen molar-refractivity contribution in [2.45, 2.75) is 0 Å². The molecular weight excluding hydrogens is 131 g/mol. The fraction of sp³-hybridized carbons (Fsp3) is 0. The molecule has 5 heteroatoms. The quantitative estimate of drug-likeness (QED) is 0.365. The maximum atomic E-state index is 10.2. The smallest absolute Gasteiger partial charge is 0.407 e. The van der Waals surface area contributed by atoms with Crippen LogP contribution in [-0.2, 0) is 0 Å². The van der Waals surface area contributed by atoms with Crippen molar-refractivity contribution in [1.82, 2.24) is 9.97 Å². The Balaban J connectivity index is 0.000000640. The van der Waals surface area contributed by atoms with Crippen LogP contribution in [0.2, 0.25) is 0 Å². The molecule has 42 valence electrons. The van der Waals surface area contributed by atoms with Gasteiger partial charge in [-0.2, -0.15) is 0 Å². The van der Waals surface area contributed by atoms with Crippen molar-refractivity contribution in [2.24, 2.45) is 0 Å². The molecule has 0 saturated carbocycles. The average molecular weight is 134 g/mol. The third-order valence-electron chi connectivity index (χ3n) is 0.648. The molecule has 0 radical (unpaired) electrons. The predicted molar refractivity (Wildman–Crippen MR) is 26.7 cm³/mol. The van der Waals surface area contributed by atoms with E-state index in [1.54, 1.807) is 0 Å². The molecule has 1 N–H and O–H groups in total. The molecule has 1 heterocycles. The van der Waals surface area contributed by atoms with Gasteiger partial charge in [-0.05, 0) is 6.07 Å². The monoisotopic (exact) mass is 134 g/mol. The molecule has 4 nitrogen and oxygen atoms in total. The van der Waals surface area contributed by atoms with Crippen molar-refractivity contribution in [3.05, 3.63) is 33.1 Å². The maximum absolute atomic E-state index is 10.2. The van der Waals surface area contributed by atoms with Crippen molar-refractivity contribution in [3.63, 3.8) is 0 Å². The largest absolute Gasteiger partial charge is 1.00 e. The summed E-state index contributed by atoms with van der Waals surface area (Å²) in [4.78, 5) is 25.5. The second-order valence-corrected chi connectivity index (χ2v) is 1.24. The number of H-pyrrole nitrogens is 1. The first-order valence-electron chi connectivity index (χ1n) is 2.01. The SMILES string of the molecule is O=c1cc[n-]c(=O)[nH]1.[Na+].